The molecule has 0 fully saturated rings. The first kappa shape index (κ1) is 13.0. The van der Waals surface area contributed by atoms with Crippen LogP contribution in [0.4, 0.5) is 0 Å². The Labute approximate surface area is 97.4 Å². The summed E-state index contributed by atoms with van der Waals surface area (Å²) >= 11 is 0. The average molecular weight is 223 g/mol. The Morgan fingerprint density at radius 1 is 1.44 bits per heavy atom. The molecule has 0 aliphatic heterocycles. The lowest BCUT2D eigenvalue weighted by Crippen LogP contribution is -2.31. The van der Waals surface area contributed by atoms with E-state index in [2.05, 4.69) is 12.2 Å². The van der Waals surface area contributed by atoms with Gasteiger partial charge in [0.1, 0.15) is 18.5 Å². The molecule has 90 valence electrons. The third-order valence-electron chi connectivity index (χ3n) is 2.24. The second-order valence-electron chi connectivity index (χ2n) is 3.99. The van der Waals surface area contributed by atoms with E-state index in [9.17, 15) is 5.11 Å². The zero-order valence-electron chi connectivity index (χ0n) is 10.1. The smallest absolute Gasteiger partial charge is 0.119 e. The minimum Gasteiger partial charge on any atom is -0.491 e. The van der Waals surface area contributed by atoms with Crippen molar-refractivity contribution >= 4 is 0 Å². The van der Waals surface area contributed by atoms with E-state index in [-0.39, 0.29) is 0 Å². The SMILES string of the molecule is CCCNC[C@H](O)COc1cccc(C)c1. The van der Waals surface area contributed by atoms with Gasteiger partial charge in [-0.25, -0.2) is 0 Å². The van der Waals surface area contributed by atoms with Crippen molar-refractivity contribution in [3.05, 3.63) is 29.8 Å². The van der Waals surface area contributed by atoms with Gasteiger partial charge in [-0.05, 0) is 37.6 Å². The van der Waals surface area contributed by atoms with Gasteiger partial charge < -0.3 is 15.2 Å². The van der Waals surface area contributed by atoms with Crippen molar-refractivity contribution in [2.75, 3.05) is 19.7 Å². The van der Waals surface area contributed by atoms with Gasteiger partial charge in [0.05, 0.1) is 0 Å². The van der Waals surface area contributed by atoms with Gasteiger partial charge in [-0.2, -0.15) is 0 Å². The van der Waals surface area contributed by atoms with Crippen molar-refractivity contribution in [1.82, 2.24) is 5.32 Å². The van der Waals surface area contributed by atoms with E-state index in [0.29, 0.717) is 13.2 Å². The molecule has 0 saturated carbocycles. The molecule has 3 heteroatoms. The number of benzene rings is 1. The zero-order chi connectivity index (χ0) is 11.8. The third kappa shape index (κ3) is 5.14. The van der Waals surface area contributed by atoms with Crippen LogP contribution in [0.15, 0.2) is 24.3 Å². The summed E-state index contributed by atoms with van der Waals surface area (Å²) in [7, 11) is 0. The minimum absolute atomic E-state index is 0.333. The maximum Gasteiger partial charge on any atom is 0.119 e. The van der Waals surface area contributed by atoms with Crippen molar-refractivity contribution in [2.45, 2.75) is 26.4 Å². The van der Waals surface area contributed by atoms with Crippen LogP contribution in [-0.2, 0) is 0 Å². The van der Waals surface area contributed by atoms with Crippen LogP contribution < -0.4 is 10.1 Å². The Kier molecular flexibility index (Phi) is 5.90. The second kappa shape index (κ2) is 7.25. The molecule has 16 heavy (non-hydrogen) atoms. The lowest BCUT2D eigenvalue weighted by molar-refractivity contribution is 0.106. The Hall–Kier alpha value is -1.06. The van der Waals surface area contributed by atoms with Crippen LogP contribution in [0.2, 0.25) is 0 Å². The molecule has 1 aromatic rings. The summed E-state index contributed by atoms with van der Waals surface area (Å²) in [4.78, 5) is 0. The van der Waals surface area contributed by atoms with E-state index in [1.165, 1.54) is 0 Å². The zero-order valence-corrected chi connectivity index (χ0v) is 10.1. The van der Waals surface area contributed by atoms with E-state index < -0.39 is 6.10 Å². The van der Waals surface area contributed by atoms with Crippen LogP contribution in [0.25, 0.3) is 0 Å². The van der Waals surface area contributed by atoms with Crippen LogP contribution in [0.3, 0.4) is 0 Å². The van der Waals surface area contributed by atoms with E-state index >= 15 is 0 Å². The van der Waals surface area contributed by atoms with Crippen LogP contribution in [0, 0.1) is 6.92 Å². The number of aliphatic hydroxyl groups excluding tert-OH is 1. The van der Waals surface area contributed by atoms with Crippen LogP contribution >= 0.6 is 0 Å². The van der Waals surface area contributed by atoms with Crippen molar-refractivity contribution in [3.63, 3.8) is 0 Å². The minimum atomic E-state index is -0.452. The maximum absolute atomic E-state index is 9.62. The number of aliphatic hydroxyl groups is 1. The van der Waals surface area contributed by atoms with Crippen molar-refractivity contribution in [3.8, 4) is 5.75 Å². The van der Waals surface area contributed by atoms with Gasteiger partial charge in [0, 0.05) is 6.54 Å². The topological polar surface area (TPSA) is 41.5 Å². The molecule has 0 aliphatic carbocycles. The van der Waals surface area contributed by atoms with E-state index in [4.69, 9.17) is 4.74 Å². The molecule has 0 spiro atoms. The van der Waals surface area contributed by atoms with Crippen LogP contribution in [0.1, 0.15) is 18.9 Å². The average Bonchev–Trinajstić information content (AvgIpc) is 2.27. The summed E-state index contributed by atoms with van der Waals surface area (Å²) in [5.74, 6) is 0.814. The predicted octanol–water partition coefficient (Wildman–Crippen LogP) is 1.73. The fourth-order valence-electron chi connectivity index (χ4n) is 1.40. The summed E-state index contributed by atoms with van der Waals surface area (Å²) in [6.07, 6.45) is 0.623. The maximum atomic E-state index is 9.62. The van der Waals surface area contributed by atoms with Crippen LogP contribution in [-0.4, -0.2) is 30.9 Å². The molecule has 1 aromatic carbocycles. The first-order valence-electron chi connectivity index (χ1n) is 5.80. The molecular weight excluding hydrogens is 202 g/mol. The fourth-order valence-corrected chi connectivity index (χ4v) is 1.40. The van der Waals surface area contributed by atoms with Crippen LogP contribution in [0.5, 0.6) is 5.75 Å². The molecule has 3 nitrogen and oxygen atoms in total. The Balaban J connectivity index is 2.23. The first-order chi connectivity index (χ1) is 7.72. The molecule has 0 bridgehead atoms. The van der Waals surface area contributed by atoms with Gasteiger partial charge in [0.15, 0.2) is 0 Å². The van der Waals surface area contributed by atoms with Crippen molar-refractivity contribution in [1.29, 1.82) is 0 Å². The Bertz CT molecular complexity index is 302. The summed E-state index contributed by atoms with van der Waals surface area (Å²) in [6.45, 7) is 5.97. The molecule has 0 aliphatic rings. The van der Waals surface area contributed by atoms with Gasteiger partial charge in [-0.1, -0.05) is 19.1 Å². The van der Waals surface area contributed by atoms with Gasteiger partial charge >= 0.3 is 0 Å². The standard InChI is InChI=1S/C13H21NO2/c1-3-7-14-9-12(15)10-16-13-6-4-5-11(2)8-13/h4-6,8,12,14-15H,3,7,9-10H2,1-2H3/t12-/m0/s1. The third-order valence-corrected chi connectivity index (χ3v) is 2.24. The molecule has 0 amide bonds. The van der Waals surface area contributed by atoms with Gasteiger partial charge in [0.25, 0.3) is 0 Å². The van der Waals surface area contributed by atoms with E-state index in [1.807, 2.05) is 31.2 Å². The van der Waals surface area contributed by atoms with Gasteiger partial charge in [-0.3, -0.25) is 0 Å². The number of hydrogen-bond acceptors (Lipinski definition) is 3. The van der Waals surface area contributed by atoms with E-state index in [1.54, 1.807) is 0 Å². The molecule has 0 heterocycles. The molecule has 1 atom stereocenters. The number of hydrogen-bond donors (Lipinski definition) is 2. The molecule has 2 N–H and O–H groups in total. The quantitative estimate of drug-likeness (QED) is 0.692. The summed E-state index contributed by atoms with van der Waals surface area (Å²) < 4.78 is 5.49. The molecule has 0 saturated heterocycles. The molecule has 0 radical (unpaired) electrons. The first-order valence-corrected chi connectivity index (χ1v) is 5.80. The number of aryl methyl sites for hydroxylation is 1. The monoisotopic (exact) mass is 223 g/mol. The molecular formula is C13H21NO2. The van der Waals surface area contributed by atoms with Gasteiger partial charge in [0.2, 0.25) is 0 Å². The Morgan fingerprint density at radius 2 is 2.25 bits per heavy atom. The normalized spacial score (nSPS) is 12.4. The highest BCUT2D eigenvalue weighted by Gasteiger charge is 2.04. The van der Waals surface area contributed by atoms with Crippen molar-refractivity contribution < 1.29 is 9.84 Å². The van der Waals surface area contributed by atoms with Gasteiger partial charge in [-0.15, -0.1) is 0 Å². The number of nitrogens with one attached hydrogen (secondary N) is 1. The number of ether oxygens (including phenoxy) is 1. The molecule has 0 unspecified atom stereocenters. The second-order valence-corrected chi connectivity index (χ2v) is 3.99. The Morgan fingerprint density at radius 3 is 2.94 bits per heavy atom. The highest BCUT2D eigenvalue weighted by Crippen LogP contribution is 2.12. The summed E-state index contributed by atoms with van der Waals surface area (Å²) in [5.41, 5.74) is 1.16. The predicted molar refractivity (Wildman–Crippen MR) is 65.8 cm³/mol. The van der Waals surface area contributed by atoms with Crippen molar-refractivity contribution in [2.24, 2.45) is 0 Å². The summed E-state index contributed by atoms with van der Waals surface area (Å²) in [5, 5.41) is 12.8. The molecule has 1 rings (SSSR count). The lowest BCUT2D eigenvalue weighted by Gasteiger charge is -2.13. The molecule has 0 aromatic heterocycles. The van der Waals surface area contributed by atoms with E-state index in [0.717, 1.165) is 24.3 Å². The summed E-state index contributed by atoms with van der Waals surface area (Å²) in [6, 6.07) is 7.84. The highest BCUT2D eigenvalue weighted by atomic mass is 16.5. The largest absolute Gasteiger partial charge is 0.491 e. The number of rotatable bonds is 7. The highest BCUT2D eigenvalue weighted by molar-refractivity contribution is 5.27. The lowest BCUT2D eigenvalue weighted by atomic mass is 10.2. The fraction of sp³-hybridized carbons (Fsp3) is 0.538.